The van der Waals surface area contributed by atoms with Gasteiger partial charge in [0.2, 0.25) is 5.91 Å². The zero-order chi connectivity index (χ0) is 22.8. The van der Waals surface area contributed by atoms with E-state index in [4.69, 9.17) is 16.0 Å². The lowest BCUT2D eigenvalue weighted by Crippen LogP contribution is -2.26. The van der Waals surface area contributed by atoms with Crippen LogP contribution >= 0.6 is 11.6 Å². The van der Waals surface area contributed by atoms with E-state index in [1.54, 1.807) is 56.6 Å². The van der Waals surface area contributed by atoms with Crippen molar-refractivity contribution in [1.82, 2.24) is 9.62 Å². The highest BCUT2D eigenvalue weighted by atomic mass is 35.5. The molecular weight excluding hydrogens is 442 g/mol. The van der Waals surface area contributed by atoms with Gasteiger partial charge in [-0.3, -0.25) is 9.52 Å². The molecule has 0 unspecified atom stereocenters. The lowest BCUT2D eigenvalue weighted by Gasteiger charge is -2.15. The molecule has 2 N–H and O–H groups in total. The van der Waals surface area contributed by atoms with Crippen molar-refractivity contribution in [2.45, 2.75) is 12.8 Å². The maximum absolute atomic E-state index is 12.8. The number of amides is 1. The first-order valence-corrected chi connectivity index (χ1v) is 11.2. The number of hydrogen-bond acceptors (Lipinski definition) is 5. The molecule has 1 aromatic heterocycles. The number of benzene rings is 2. The minimum atomic E-state index is -3.68. The summed E-state index contributed by atoms with van der Waals surface area (Å²) in [6, 6.07) is 11.5. The molecule has 0 aliphatic rings. The molecule has 10 heteroatoms. The molecule has 8 nitrogen and oxygen atoms in total. The van der Waals surface area contributed by atoms with Crippen LogP contribution in [0.15, 0.2) is 51.7 Å². The van der Waals surface area contributed by atoms with E-state index >= 15 is 0 Å². The van der Waals surface area contributed by atoms with Crippen LogP contribution in [-0.2, 0) is 27.8 Å². The Bertz CT molecular complexity index is 1300. The van der Waals surface area contributed by atoms with Crippen molar-refractivity contribution in [2.75, 3.05) is 25.9 Å². The van der Waals surface area contributed by atoms with Gasteiger partial charge < -0.3 is 9.32 Å². The zero-order valence-electron chi connectivity index (χ0n) is 17.2. The third kappa shape index (κ3) is 5.43. The van der Waals surface area contributed by atoms with Crippen LogP contribution in [0.1, 0.15) is 16.7 Å². The van der Waals surface area contributed by atoms with Gasteiger partial charge in [-0.2, -0.15) is 8.42 Å². The summed E-state index contributed by atoms with van der Waals surface area (Å²) in [5.41, 5.74) is 1.65. The van der Waals surface area contributed by atoms with Gasteiger partial charge in [-0.1, -0.05) is 23.7 Å². The lowest BCUT2D eigenvalue weighted by atomic mass is 9.96. The number of carbonyl (C=O) groups excluding carboxylic acids is 1. The highest BCUT2D eigenvalue weighted by Crippen LogP contribution is 2.26. The van der Waals surface area contributed by atoms with Crippen LogP contribution in [-0.4, -0.2) is 40.4 Å². The molecular formula is C21H22ClN3O5S. The van der Waals surface area contributed by atoms with E-state index in [2.05, 4.69) is 9.44 Å². The first kappa shape index (κ1) is 22.8. The Morgan fingerprint density at radius 1 is 1.13 bits per heavy atom. The number of carbonyl (C=O) groups is 1. The topological polar surface area (TPSA) is 109 Å². The van der Waals surface area contributed by atoms with E-state index in [1.807, 2.05) is 0 Å². The summed E-state index contributed by atoms with van der Waals surface area (Å²) >= 11 is 6.15. The van der Waals surface area contributed by atoms with Crippen molar-refractivity contribution < 1.29 is 17.6 Å². The van der Waals surface area contributed by atoms with Crippen LogP contribution in [0.25, 0.3) is 11.0 Å². The molecule has 0 saturated heterocycles. The third-order valence-corrected chi connectivity index (χ3v) is 6.01. The van der Waals surface area contributed by atoms with Crippen molar-refractivity contribution >= 4 is 44.4 Å². The van der Waals surface area contributed by atoms with Gasteiger partial charge in [-0.05, 0) is 41.5 Å². The molecule has 1 amide bonds. The highest BCUT2D eigenvalue weighted by Gasteiger charge is 2.19. The minimum Gasteiger partial charge on any atom is -0.423 e. The molecule has 0 spiro atoms. The fourth-order valence-electron chi connectivity index (χ4n) is 3.12. The van der Waals surface area contributed by atoms with E-state index in [-0.39, 0.29) is 18.7 Å². The zero-order valence-corrected chi connectivity index (χ0v) is 18.8. The van der Waals surface area contributed by atoms with E-state index in [9.17, 15) is 18.0 Å². The fraction of sp³-hybridized carbons (Fsp3) is 0.238. The van der Waals surface area contributed by atoms with Gasteiger partial charge in [-0.15, -0.1) is 0 Å². The standard InChI is InChI=1S/C21H22ClN3O5S/c1-23-31(28,29)24-15-6-4-5-13(9-15)10-18-16(12-20(26)25(2)3)17-11-14(22)7-8-19(17)30-21(18)27/h4-9,11,23-24H,10,12H2,1-3H3. The van der Waals surface area contributed by atoms with Gasteiger partial charge in [-0.25, -0.2) is 9.52 Å². The molecule has 2 aromatic carbocycles. The number of nitrogens with zero attached hydrogens (tertiary/aromatic N) is 1. The Morgan fingerprint density at radius 2 is 1.87 bits per heavy atom. The Labute approximate surface area is 185 Å². The second-order valence-corrected chi connectivity index (χ2v) is 9.19. The average Bonchev–Trinajstić information content (AvgIpc) is 2.71. The van der Waals surface area contributed by atoms with E-state index in [1.165, 1.54) is 11.9 Å². The summed E-state index contributed by atoms with van der Waals surface area (Å²) in [5.74, 6) is -0.177. The molecule has 0 aliphatic heterocycles. The molecule has 3 rings (SSSR count). The van der Waals surface area contributed by atoms with Crippen molar-refractivity contribution in [3.63, 3.8) is 0 Å². The summed E-state index contributed by atoms with van der Waals surface area (Å²) in [6.07, 6.45) is 0.146. The number of nitrogens with one attached hydrogen (secondary N) is 2. The maximum Gasteiger partial charge on any atom is 0.340 e. The molecule has 0 saturated carbocycles. The fourth-order valence-corrected chi connectivity index (χ4v) is 3.83. The first-order chi connectivity index (χ1) is 14.6. The second-order valence-electron chi connectivity index (χ2n) is 7.14. The Hall–Kier alpha value is -2.88. The van der Waals surface area contributed by atoms with Crippen LogP contribution in [0, 0.1) is 0 Å². The van der Waals surface area contributed by atoms with Crippen LogP contribution in [0.2, 0.25) is 5.02 Å². The van der Waals surface area contributed by atoms with Crippen LogP contribution in [0.5, 0.6) is 0 Å². The monoisotopic (exact) mass is 463 g/mol. The predicted molar refractivity (Wildman–Crippen MR) is 121 cm³/mol. The van der Waals surface area contributed by atoms with Crippen molar-refractivity contribution in [3.8, 4) is 0 Å². The molecule has 0 fully saturated rings. The van der Waals surface area contributed by atoms with E-state index in [0.29, 0.717) is 38.4 Å². The van der Waals surface area contributed by atoms with Crippen LogP contribution in [0.4, 0.5) is 5.69 Å². The van der Waals surface area contributed by atoms with Gasteiger partial charge in [0.15, 0.2) is 0 Å². The Morgan fingerprint density at radius 3 is 2.55 bits per heavy atom. The molecule has 164 valence electrons. The quantitative estimate of drug-likeness (QED) is 0.523. The number of fused-ring (bicyclic) bond motifs is 1. The molecule has 0 radical (unpaired) electrons. The number of likely N-dealkylation sites (N-methyl/N-ethyl adjacent to an activating group) is 1. The van der Waals surface area contributed by atoms with E-state index < -0.39 is 15.8 Å². The first-order valence-electron chi connectivity index (χ1n) is 9.34. The summed E-state index contributed by atoms with van der Waals surface area (Å²) in [6.45, 7) is 0. The van der Waals surface area contributed by atoms with Crippen molar-refractivity contribution in [1.29, 1.82) is 0 Å². The molecule has 0 atom stereocenters. The number of rotatable bonds is 7. The van der Waals surface area contributed by atoms with Gasteiger partial charge >= 0.3 is 5.63 Å². The van der Waals surface area contributed by atoms with Crippen LogP contribution < -0.4 is 15.1 Å². The Balaban J connectivity index is 2.10. The number of hydrogen-bond donors (Lipinski definition) is 2. The second kappa shape index (κ2) is 9.09. The summed E-state index contributed by atoms with van der Waals surface area (Å²) in [5, 5.41) is 1.04. The number of halogens is 1. The minimum absolute atomic E-state index is 0.00312. The molecule has 0 aliphatic carbocycles. The SMILES string of the molecule is CNS(=O)(=O)Nc1cccc(Cc2c(CC(=O)N(C)C)c3cc(Cl)ccc3oc2=O)c1. The van der Waals surface area contributed by atoms with Gasteiger partial charge in [0.1, 0.15) is 5.58 Å². The molecule has 0 bridgehead atoms. The summed E-state index contributed by atoms with van der Waals surface area (Å²) < 4.78 is 33.6. The van der Waals surface area contributed by atoms with Gasteiger partial charge in [0.25, 0.3) is 10.2 Å². The number of anilines is 1. The van der Waals surface area contributed by atoms with Gasteiger partial charge in [0, 0.05) is 43.5 Å². The maximum atomic E-state index is 12.8. The van der Waals surface area contributed by atoms with Crippen LogP contribution in [0.3, 0.4) is 0 Å². The Kier molecular flexibility index (Phi) is 6.68. The highest BCUT2D eigenvalue weighted by molar-refractivity contribution is 7.90. The largest absolute Gasteiger partial charge is 0.423 e. The summed E-state index contributed by atoms with van der Waals surface area (Å²) in [7, 11) is 0.892. The predicted octanol–water partition coefficient (Wildman–Crippen LogP) is 2.54. The van der Waals surface area contributed by atoms with E-state index in [0.717, 1.165) is 0 Å². The average molecular weight is 464 g/mol. The molecule has 1 heterocycles. The van der Waals surface area contributed by atoms with Crippen molar-refractivity contribution in [2.24, 2.45) is 0 Å². The normalized spacial score (nSPS) is 11.5. The van der Waals surface area contributed by atoms with Gasteiger partial charge in [0.05, 0.1) is 12.1 Å². The third-order valence-electron chi connectivity index (χ3n) is 4.74. The summed E-state index contributed by atoms with van der Waals surface area (Å²) in [4.78, 5) is 26.7. The smallest absolute Gasteiger partial charge is 0.340 e. The molecule has 31 heavy (non-hydrogen) atoms. The lowest BCUT2D eigenvalue weighted by molar-refractivity contribution is -0.127. The molecule has 3 aromatic rings. The van der Waals surface area contributed by atoms with Crippen molar-refractivity contribution in [3.05, 3.63) is 74.6 Å².